The lowest BCUT2D eigenvalue weighted by Gasteiger charge is -2.25. The zero-order chi connectivity index (χ0) is 18.0. The summed E-state index contributed by atoms with van der Waals surface area (Å²) in [6.07, 6.45) is -0.515. The summed E-state index contributed by atoms with van der Waals surface area (Å²) < 4.78 is 32.3. The second-order valence-electron chi connectivity index (χ2n) is 6.14. The largest absolute Gasteiger partial charge is 0.497 e. The molecule has 1 aliphatic heterocycles. The molecule has 132 valence electrons. The molecule has 1 heterocycles. The molecule has 2 unspecified atom stereocenters. The number of ether oxygens (including phenoxy) is 1. The molecule has 0 aliphatic carbocycles. The minimum atomic E-state index is -0.655. The Labute approximate surface area is 144 Å². The molecule has 2 aromatic carbocycles. The highest BCUT2D eigenvalue weighted by molar-refractivity contribution is 5.79. The Hall–Kier alpha value is -2.47. The zero-order valence-corrected chi connectivity index (χ0v) is 13.8. The number of β-amino-alcohol motifs (C(OH)–C–C–N with tert-alkyl or cyclic N) is 1. The van der Waals surface area contributed by atoms with Crippen molar-refractivity contribution in [2.75, 3.05) is 13.7 Å². The standard InChI is InChI=1S/C19H19F2NO3/c1-25-16-4-2-3-12(8-16)18-10-15(23)11-22(18)19(24)9-13-7-14(20)5-6-17(13)21/h2-8,15,18,23H,9-11H2,1H3. The highest BCUT2D eigenvalue weighted by atomic mass is 19.1. The van der Waals surface area contributed by atoms with Crippen LogP contribution in [0.4, 0.5) is 8.78 Å². The van der Waals surface area contributed by atoms with Crippen LogP contribution in [-0.4, -0.2) is 35.7 Å². The van der Waals surface area contributed by atoms with Crippen LogP contribution in [-0.2, 0) is 11.2 Å². The Bertz CT molecular complexity index is 781. The molecule has 0 saturated carbocycles. The summed E-state index contributed by atoms with van der Waals surface area (Å²) in [5.74, 6) is -0.904. The third-order valence-corrected chi connectivity index (χ3v) is 4.43. The first-order chi connectivity index (χ1) is 12.0. The molecule has 2 atom stereocenters. The van der Waals surface area contributed by atoms with Crippen molar-refractivity contribution < 1.29 is 23.4 Å². The second-order valence-corrected chi connectivity index (χ2v) is 6.14. The minimum absolute atomic E-state index is 0.00998. The Balaban J connectivity index is 1.83. The molecule has 0 bridgehead atoms. The fraction of sp³-hybridized carbons (Fsp3) is 0.316. The summed E-state index contributed by atoms with van der Waals surface area (Å²) in [7, 11) is 1.55. The normalized spacial score (nSPS) is 19.9. The molecular weight excluding hydrogens is 328 g/mol. The first kappa shape index (κ1) is 17.4. The number of methoxy groups -OCH3 is 1. The molecule has 3 rings (SSSR count). The van der Waals surface area contributed by atoms with Crippen LogP contribution < -0.4 is 4.74 Å². The van der Waals surface area contributed by atoms with E-state index in [4.69, 9.17) is 4.74 Å². The highest BCUT2D eigenvalue weighted by Crippen LogP contribution is 2.34. The summed E-state index contributed by atoms with van der Waals surface area (Å²) in [5, 5.41) is 10.0. The molecule has 0 aromatic heterocycles. The third-order valence-electron chi connectivity index (χ3n) is 4.43. The number of likely N-dealkylation sites (tertiary alicyclic amines) is 1. The monoisotopic (exact) mass is 347 g/mol. The van der Waals surface area contributed by atoms with Crippen LogP contribution in [0.25, 0.3) is 0 Å². The van der Waals surface area contributed by atoms with Crippen LogP contribution in [0.3, 0.4) is 0 Å². The predicted molar refractivity (Wildman–Crippen MR) is 88.1 cm³/mol. The number of aliphatic hydroxyl groups excluding tert-OH is 1. The lowest BCUT2D eigenvalue weighted by molar-refractivity contribution is -0.131. The van der Waals surface area contributed by atoms with Crippen molar-refractivity contribution in [2.24, 2.45) is 0 Å². The second kappa shape index (κ2) is 7.19. The van der Waals surface area contributed by atoms with Crippen molar-refractivity contribution in [1.29, 1.82) is 0 Å². The number of halogens is 2. The maximum atomic E-state index is 13.8. The number of carbonyl (C=O) groups is 1. The molecule has 2 aromatic rings. The van der Waals surface area contributed by atoms with Gasteiger partial charge < -0.3 is 14.7 Å². The Morgan fingerprint density at radius 2 is 2.08 bits per heavy atom. The third kappa shape index (κ3) is 3.79. The number of carbonyl (C=O) groups excluding carboxylic acids is 1. The van der Waals surface area contributed by atoms with E-state index in [0.717, 1.165) is 23.8 Å². The minimum Gasteiger partial charge on any atom is -0.497 e. The van der Waals surface area contributed by atoms with E-state index in [1.807, 2.05) is 18.2 Å². The van der Waals surface area contributed by atoms with Gasteiger partial charge in [-0.3, -0.25) is 4.79 Å². The van der Waals surface area contributed by atoms with Crippen molar-refractivity contribution in [3.05, 3.63) is 65.2 Å². The Kier molecular flexibility index (Phi) is 4.99. The fourth-order valence-corrected chi connectivity index (χ4v) is 3.20. The molecule has 1 amide bonds. The predicted octanol–water partition coefficient (Wildman–Crippen LogP) is 2.85. The molecule has 1 aliphatic rings. The molecule has 1 saturated heterocycles. The van der Waals surface area contributed by atoms with Crippen LogP contribution >= 0.6 is 0 Å². The SMILES string of the molecule is COc1cccc(C2CC(O)CN2C(=O)Cc2cc(F)ccc2F)c1. The van der Waals surface area contributed by atoms with Gasteiger partial charge in [-0.05, 0) is 42.3 Å². The first-order valence-corrected chi connectivity index (χ1v) is 8.03. The van der Waals surface area contributed by atoms with Gasteiger partial charge in [0, 0.05) is 12.1 Å². The van der Waals surface area contributed by atoms with Crippen LogP contribution in [0.5, 0.6) is 5.75 Å². The lowest BCUT2D eigenvalue weighted by atomic mass is 10.0. The molecule has 0 radical (unpaired) electrons. The van der Waals surface area contributed by atoms with Gasteiger partial charge in [-0.1, -0.05) is 12.1 Å². The first-order valence-electron chi connectivity index (χ1n) is 8.03. The van der Waals surface area contributed by atoms with Gasteiger partial charge in [-0.15, -0.1) is 0 Å². The Morgan fingerprint density at radius 1 is 1.28 bits per heavy atom. The summed E-state index contributed by atoms with van der Waals surface area (Å²) in [6, 6.07) is 10.0. The average Bonchev–Trinajstić information content (AvgIpc) is 3.00. The van der Waals surface area contributed by atoms with E-state index in [1.165, 1.54) is 4.90 Å². The van der Waals surface area contributed by atoms with Crippen LogP contribution in [0.1, 0.15) is 23.6 Å². The van der Waals surface area contributed by atoms with E-state index in [-0.39, 0.29) is 30.5 Å². The van der Waals surface area contributed by atoms with E-state index in [1.54, 1.807) is 13.2 Å². The number of rotatable bonds is 4. The molecule has 1 fully saturated rings. The van der Waals surface area contributed by atoms with Crippen molar-refractivity contribution in [3.8, 4) is 5.75 Å². The average molecular weight is 347 g/mol. The van der Waals surface area contributed by atoms with Crippen LogP contribution in [0, 0.1) is 11.6 Å². The highest BCUT2D eigenvalue weighted by Gasteiger charge is 2.35. The molecule has 4 nitrogen and oxygen atoms in total. The number of aliphatic hydroxyl groups is 1. The topological polar surface area (TPSA) is 49.8 Å². The van der Waals surface area contributed by atoms with E-state index in [0.29, 0.717) is 12.2 Å². The van der Waals surface area contributed by atoms with Gasteiger partial charge in [0.05, 0.1) is 25.7 Å². The van der Waals surface area contributed by atoms with E-state index in [9.17, 15) is 18.7 Å². The van der Waals surface area contributed by atoms with Gasteiger partial charge in [0.1, 0.15) is 17.4 Å². The summed E-state index contributed by atoms with van der Waals surface area (Å²) in [6.45, 7) is 0.164. The number of nitrogens with zero attached hydrogens (tertiary/aromatic N) is 1. The summed E-state index contributed by atoms with van der Waals surface area (Å²) in [4.78, 5) is 14.2. The van der Waals surface area contributed by atoms with Crippen molar-refractivity contribution in [1.82, 2.24) is 4.90 Å². The van der Waals surface area contributed by atoms with Crippen LogP contribution in [0.15, 0.2) is 42.5 Å². The van der Waals surface area contributed by atoms with E-state index < -0.39 is 17.7 Å². The molecule has 0 spiro atoms. The number of hydrogen-bond donors (Lipinski definition) is 1. The van der Waals surface area contributed by atoms with Crippen molar-refractivity contribution >= 4 is 5.91 Å². The maximum Gasteiger partial charge on any atom is 0.227 e. The zero-order valence-electron chi connectivity index (χ0n) is 13.8. The molecular formula is C19H19F2NO3. The lowest BCUT2D eigenvalue weighted by Crippen LogP contribution is -2.33. The van der Waals surface area contributed by atoms with Crippen molar-refractivity contribution in [2.45, 2.75) is 25.0 Å². The fourth-order valence-electron chi connectivity index (χ4n) is 3.20. The Morgan fingerprint density at radius 3 is 2.84 bits per heavy atom. The van der Waals surface area contributed by atoms with E-state index in [2.05, 4.69) is 0 Å². The molecule has 6 heteroatoms. The van der Waals surface area contributed by atoms with E-state index >= 15 is 0 Å². The van der Waals surface area contributed by atoms with Gasteiger partial charge >= 0.3 is 0 Å². The van der Waals surface area contributed by atoms with Gasteiger partial charge in [-0.25, -0.2) is 8.78 Å². The number of benzene rings is 2. The summed E-state index contributed by atoms with van der Waals surface area (Å²) >= 11 is 0. The summed E-state index contributed by atoms with van der Waals surface area (Å²) in [5.41, 5.74) is 0.847. The van der Waals surface area contributed by atoms with Gasteiger partial charge in [0.25, 0.3) is 0 Å². The van der Waals surface area contributed by atoms with Crippen molar-refractivity contribution in [3.63, 3.8) is 0 Å². The van der Waals surface area contributed by atoms with Gasteiger partial charge in [0.15, 0.2) is 0 Å². The molecule has 1 N–H and O–H groups in total. The number of hydrogen-bond acceptors (Lipinski definition) is 3. The number of amides is 1. The van der Waals surface area contributed by atoms with Crippen LogP contribution in [0.2, 0.25) is 0 Å². The van der Waals surface area contributed by atoms with Gasteiger partial charge in [0.2, 0.25) is 5.91 Å². The molecule has 25 heavy (non-hydrogen) atoms. The van der Waals surface area contributed by atoms with Gasteiger partial charge in [-0.2, -0.15) is 0 Å². The smallest absolute Gasteiger partial charge is 0.227 e. The quantitative estimate of drug-likeness (QED) is 0.925. The maximum absolute atomic E-state index is 13.8.